The van der Waals surface area contributed by atoms with Crippen LogP contribution in [0.25, 0.3) is 0 Å². The number of amides is 3. The van der Waals surface area contributed by atoms with Crippen molar-refractivity contribution >= 4 is 23.4 Å². The van der Waals surface area contributed by atoms with Gasteiger partial charge in [0.25, 0.3) is 11.8 Å². The Kier molecular flexibility index (Phi) is 5.86. The molecule has 3 rings (SSSR count). The summed E-state index contributed by atoms with van der Waals surface area (Å²) in [5.41, 5.74) is 1.52. The average molecular weight is 366 g/mol. The van der Waals surface area contributed by atoms with E-state index in [2.05, 4.69) is 5.32 Å². The van der Waals surface area contributed by atoms with E-state index in [-0.39, 0.29) is 30.9 Å². The Morgan fingerprint density at radius 1 is 1.04 bits per heavy atom. The highest BCUT2D eigenvalue weighted by atomic mass is 16.5. The van der Waals surface area contributed by atoms with E-state index < -0.39 is 0 Å². The van der Waals surface area contributed by atoms with E-state index in [4.69, 9.17) is 4.74 Å². The number of anilines is 1. The molecule has 0 saturated heterocycles. The molecule has 1 heterocycles. The van der Waals surface area contributed by atoms with Crippen molar-refractivity contribution in [1.82, 2.24) is 4.90 Å². The first kappa shape index (κ1) is 18.6. The lowest BCUT2D eigenvalue weighted by Gasteiger charge is -2.15. The summed E-state index contributed by atoms with van der Waals surface area (Å²) in [5.74, 6) is -0.0489. The van der Waals surface area contributed by atoms with Crippen LogP contribution in [-0.4, -0.2) is 35.8 Å². The zero-order valence-electron chi connectivity index (χ0n) is 15.2. The van der Waals surface area contributed by atoms with E-state index in [0.29, 0.717) is 29.0 Å². The van der Waals surface area contributed by atoms with Crippen molar-refractivity contribution in [2.75, 3.05) is 18.5 Å². The molecule has 140 valence electrons. The van der Waals surface area contributed by atoms with Gasteiger partial charge in [-0.25, -0.2) is 0 Å². The standard InChI is InChI=1S/C21H22N2O4/c1-2-3-11-19(24)22-15-7-6-8-16(14-15)27-13-12-23-20(25)17-9-4-5-10-18(17)21(23)26/h4-10,14H,2-3,11-13H2,1H3,(H,22,24). The smallest absolute Gasteiger partial charge is 0.261 e. The largest absolute Gasteiger partial charge is 0.492 e. The van der Waals surface area contributed by atoms with Gasteiger partial charge in [-0.15, -0.1) is 0 Å². The lowest BCUT2D eigenvalue weighted by atomic mass is 10.1. The molecule has 0 unspecified atom stereocenters. The molecule has 0 aromatic heterocycles. The molecule has 0 radical (unpaired) electrons. The van der Waals surface area contributed by atoms with Crippen LogP contribution < -0.4 is 10.1 Å². The highest BCUT2D eigenvalue weighted by molar-refractivity contribution is 6.21. The maximum absolute atomic E-state index is 12.3. The molecule has 0 bridgehead atoms. The molecule has 1 N–H and O–H groups in total. The predicted octanol–water partition coefficient (Wildman–Crippen LogP) is 3.49. The fourth-order valence-corrected chi connectivity index (χ4v) is 2.92. The molecule has 0 aliphatic carbocycles. The monoisotopic (exact) mass is 366 g/mol. The topological polar surface area (TPSA) is 75.7 Å². The van der Waals surface area contributed by atoms with Crippen LogP contribution in [0.2, 0.25) is 0 Å². The van der Waals surface area contributed by atoms with Gasteiger partial charge in [0.05, 0.1) is 17.7 Å². The summed E-state index contributed by atoms with van der Waals surface area (Å²) >= 11 is 0. The zero-order valence-corrected chi connectivity index (χ0v) is 15.2. The van der Waals surface area contributed by atoms with E-state index in [9.17, 15) is 14.4 Å². The summed E-state index contributed by atoms with van der Waals surface area (Å²) in [5, 5.41) is 2.84. The first-order valence-corrected chi connectivity index (χ1v) is 9.08. The number of rotatable bonds is 8. The van der Waals surface area contributed by atoms with Crippen LogP contribution in [0.5, 0.6) is 5.75 Å². The Bertz CT molecular complexity index is 828. The molecule has 2 aromatic carbocycles. The number of carbonyl (C=O) groups excluding carboxylic acids is 3. The highest BCUT2D eigenvalue weighted by Gasteiger charge is 2.34. The quantitative estimate of drug-likeness (QED) is 0.726. The van der Waals surface area contributed by atoms with Crippen molar-refractivity contribution in [3.05, 3.63) is 59.7 Å². The fourth-order valence-electron chi connectivity index (χ4n) is 2.92. The number of unbranched alkanes of at least 4 members (excludes halogenated alkanes) is 1. The number of nitrogens with one attached hydrogen (secondary N) is 1. The molecule has 27 heavy (non-hydrogen) atoms. The first-order valence-electron chi connectivity index (χ1n) is 9.08. The van der Waals surface area contributed by atoms with Gasteiger partial charge >= 0.3 is 0 Å². The summed E-state index contributed by atoms with van der Waals surface area (Å²) in [7, 11) is 0. The van der Waals surface area contributed by atoms with Gasteiger partial charge in [-0.05, 0) is 30.7 Å². The lowest BCUT2D eigenvalue weighted by molar-refractivity contribution is -0.116. The van der Waals surface area contributed by atoms with E-state index in [1.54, 1.807) is 48.5 Å². The van der Waals surface area contributed by atoms with Gasteiger partial charge in [0.15, 0.2) is 0 Å². The molecule has 6 heteroatoms. The molecule has 0 atom stereocenters. The van der Waals surface area contributed by atoms with Crippen LogP contribution in [0.3, 0.4) is 0 Å². The lowest BCUT2D eigenvalue weighted by Crippen LogP contribution is -2.33. The van der Waals surface area contributed by atoms with Gasteiger partial charge in [-0.3, -0.25) is 19.3 Å². The van der Waals surface area contributed by atoms with Crippen LogP contribution in [0, 0.1) is 0 Å². The Morgan fingerprint density at radius 2 is 1.74 bits per heavy atom. The normalized spacial score (nSPS) is 12.9. The Balaban J connectivity index is 1.54. The Morgan fingerprint density at radius 3 is 2.41 bits per heavy atom. The maximum atomic E-state index is 12.3. The first-order chi connectivity index (χ1) is 13.1. The molecule has 3 amide bonds. The predicted molar refractivity (Wildman–Crippen MR) is 102 cm³/mol. The third-order valence-corrected chi connectivity index (χ3v) is 4.34. The van der Waals surface area contributed by atoms with Crippen LogP contribution in [0.4, 0.5) is 5.69 Å². The third-order valence-electron chi connectivity index (χ3n) is 4.34. The number of nitrogens with zero attached hydrogens (tertiary/aromatic N) is 1. The summed E-state index contributed by atoms with van der Waals surface area (Å²) in [4.78, 5) is 37.6. The highest BCUT2D eigenvalue weighted by Crippen LogP contribution is 2.22. The minimum absolute atomic E-state index is 0.0278. The van der Waals surface area contributed by atoms with Crippen molar-refractivity contribution in [2.24, 2.45) is 0 Å². The minimum atomic E-state index is -0.295. The van der Waals surface area contributed by atoms with Crippen LogP contribution in [0.15, 0.2) is 48.5 Å². The number of ether oxygens (including phenoxy) is 1. The SMILES string of the molecule is CCCCC(=O)Nc1cccc(OCCN2C(=O)c3ccccc3C2=O)c1. The average Bonchev–Trinajstić information content (AvgIpc) is 2.92. The Labute approximate surface area is 158 Å². The van der Waals surface area contributed by atoms with Gasteiger partial charge in [-0.2, -0.15) is 0 Å². The van der Waals surface area contributed by atoms with Gasteiger partial charge < -0.3 is 10.1 Å². The summed E-state index contributed by atoms with van der Waals surface area (Å²) in [6.45, 7) is 2.38. The summed E-state index contributed by atoms with van der Waals surface area (Å²) in [6, 6.07) is 13.9. The molecule has 0 fully saturated rings. The number of fused-ring (bicyclic) bond motifs is 1. The zero-order chi connectivity index (χ0) is 19.2. The van der Waals surface area contributed by atoms with E-state index in [1.165, 1.54) is 4.90 Å². The third kappa shape index (κ3) is 4.34. The van der Waals surface area contributed by atoms with Gasteiger partial charge in [-0.1, -0.05) is 31.5 Å². The second-order valence-corrected chi connectivity index (χ2v) is 6.34. The van der Waals surface area contributed by atoms with Crippen molar-refractivity contribution in [2.45, 2.75) is 26.2 Å². The van der Waals surface area contributed by atoms with Gasteiger partial charge in [0.1, 0.15) is 12.4 Å². The van der Waals surface area contributed by atoms with Crippen molar-refractivity contribution in [1.29, 1.82) is 0 Å². The summed E-state index contributed by atoms with van der Waals surface area (Å²) in [6.07, 6.45) is 2.30. The van der Waals surface area contributed by atoms with Crippen LogP contribution >= 0.6 is 0 Å². The molecule has 2 aromatic rings. The minimum Gasteiger partial charge on any atom is -0.492 e. The van der Waals surface area contributed by atoms with Crippen LogP contribution in [0.1, 0.15) is 46.9 Å². The maximum Gasteiger partial charge on any atom is 0.261 e. The molecule has 6 nitrogen and oxygen atoms in total. The number of carbonyl (C=O) groups is 3. The second-order valence-electron chi connectivity index (χ2n) is 6.34. The Hall–Kier alpha value is -3.15. The summed E-state index contributed by atoms with van der Waals surface area (Å²) < 4.78 is 5.67. The van der Waals surface area contributed by atoms with E-state index in [0.717, 1.165) is 12.8 Å². The fraction of sp³-hybridized carbons (Fsp3) is 0.286. The van der Waals surface area contributed by atoms with Crippen LogP contribution in [-0.2, 0) is 4.79 Å². The molecule has 1 aliphatic rings. The molecule has 1 aliphatic heterocycles. The van der Waals surface area contributed by atoms with Gasteiger partial charge in [0.2, 0.25) is 5.91 Å². The van der Waals surface area contributed by atoms with Crippen molar-refractivity contribution in [3.63, 3.8) is 0 Å². The van der Waals surface area contributed by atoms with E-state index >= 15 is 0 Å². The van der Waals surface area contributed by atoms with Crippen molar-refractivity contribution < 1.29 is 19.1 Å². The van der Waals surface area contributed by atoms with Gasteiger partial charge in [0, 0.05) is 18.2 Å². The molecule has 0 saturated carbocycles. The number of hydrogen-bond donors (Lipinski definition) is 1. The molecular formula is C21H22N2O4. The van der Waals surface area contributed by atoms with E-state index in [1.807, 2.05) is 6.92 Å². The molecular weight excluding hydrogens is 344 g/mol. The molecule has 0 spiro atoms. The second kappa shape index (κ2) is 8.49. The number of imide groups is 1. The van der Waals surface area contributed by atoms with Crippen molar-refractivity contribution in [3.8, 4) is 5.75 Å². The number of benzene rings is 2. The number of hydrogen-bond acceptors (Lipinski definition) is 4.